The van der Waals surface area contributed by atoms with Gasteiger partial charge in [-0.15, -0.1) is 0 Å². The van der Waals surface area contributed by atoms with Crippen molar-refractivity contribution in [1.82, 2.24) is 19.6 Å². The predicted octanol–water partition coefficient (Wildman–Crippen LogP) is 1.08. The number of hydrogen-bond acceptors (Lipinski definition) is 5. The summed E-state index contributed by atoms with van der Waals surface area (Å²) in [7, 11) is 0. The number of amides is 3. The number of likely N-dealkylation sites (tertiary alicyclic amines) is 1. The lowest BCUT2D eigenvalue weighted by Crippen LogP contribution is -2.55. The zero-order valence-electron chi connectivity index (χ0n) is 16.4. The van der Waals surface area contributed by atoms with Gasteiger partial charge in [0.1, 0.15) is 11.1 Å². The number of carbonyl (C=O) groups is 2. The van der Waals surface area contributed by atoms with Crippen LogP contribution in [0.25, 0.3) is 5.69 Å². The largest absolute Gasteiger partial charge is 0.365 e. The number of piperazine rings is 1. The molecule has 0 spiro atoms. The van der Waals surface area contributed by atoms with Crippen LogP contribution in [0.5, 0.6) is 0 Å². The van der Waals surface area contributed by atoms with Crippen LogP contribution in [0.4, 0.5) is 10.5 Å². The van der Waals surface area contributed by atoms with Crippen LogP contribution in [-0.4, -0.2) is 70.3 Å². The van der Waals surface area contributed by atoms with Crippen LogP contribution in [0.1, 0.15) is 12.8 Å². The van der Waals surface area contributed by atoms with Crippen molar-refractivity contribution in [1.29, 1.82) is 0 Å². The summed E-state index contributed by atoms with van der Waals surface area (Å²) in [6, 6.07) is 8.05. The zero-order valence-corrected chi connectivity index (χ0v) is 17.2. The van der Waals surface area contributed by atoms with Gasteiger partial charge in [0.05, 0.1) is 17.6 Å². The third kappa shape index (κ3) is 3.72. The summed E-state index contributed by atoms with van der Waals surface area (Å²) < 4.78 is 1.27. The molecule has 3 heterocycles. The van der Waals surface area contributed by atoms with Crippen LogP contribution in [0, 0.1) is 0 Å². The van der Waals surface area contributed by atoms with Gasteiger partial charge < -0.3 is 20.4 Å². The minimum Gasteiger partial charge on any atom is -0.365 e. The summed E-state index contributed by atoms with van der Waals surface area (Å²) in [5.74, 6) is -0.0744. The van der Waals surface area contributed by atoms with E-state index in [2.05, 4.69) is 5.10 Å². The number of hydrogen-bond donors (Lipinski definition) is 1. The van der Waals surface area contributed by atoms with Crippen LogP contribution in [0.3, 0.4) is 0 Å². The molecule has 2 fully saturated rings. The van der Waals surface area contributed by atoms with Crippen molar-refractivity contribution >= 4 is 29.2 Å². The summed E-state index contributed by atoms with van der Waals surface area (Å²) >= 11 is 6.38. The molecular weight excluding hydrogens is 408 g/mol. The number of carbonyl (C=O) groups excluding carboxylic acids is 2. The van der Waals surface area contributed by atoms with Gasteiger partial charge in [-0.1, -0.05) is 29.8 Å². The summed E-state index contributed by atoms with van der Waals surface area (Å²) in [6.45, 7) is 2.50. The van der Waals surface area contributed by atoms with Gasteiger partial charge in [-0.05, 0) is 25.0 Å². The van der Waals surface area contributed by atoms with E-state index in [0.29, 0.717) is 50.5 Å². The standard InChI is InChI=1S/C20H23ClN6O3/c21-17-16(13-23-27(19(17)29)14-5-2-1-3-6-14)24-9-11-25(12-10-24)18(28)15-7-4-8-26(15)20(22)30/h1-3,5-6,13,15H,4,7-12H2,(H2,22,30)/t15-/m0/s1. The molecule has 1 atom stereocenters. The second-order valence-corrected chi connectivity index (χ2v) is 7.78. The Hall–Kier alpha value is -3.07. The van der Waals surface area contributed by atoms with Gasteiger partial charge in [0.15, 0.2) is 0 Å². The maximum absolute atomic E-state index is 12.8. The van der Waals surface area contributed by atoms with E-state index >= 15 is 0 Å². The minimum absolute atomic E-state index is 0.0744. The Morgan fingerprint density at radius 2 is 1.77 bits per heavy atom. The molecule has 2 saturated heterocycles. The maximum Gasteiger partial charge on any atom is 0.315 e. The average molecular weight is 431 g/mol. The summed E-state index contributed by atoms with van der Waals surface area (Å²) in [5, 5.41) is 4.37. The Morgan fingerprint density at radius 1 is 1.07 bits per heavy atom. The van der Waals surface area contributed by atoms with Crippen molar-refractivity contribution in [2.45, 2.75) is 18.9 Å². The Morgan fingerprint density at radius 3 is 2.43 bits per heavy atom. The van der Waals surface area contributed by atoms with Gasteiger partial charge in [0, 0.05) is 32.7 Å². The van der Waals surface area contributed by atoms with E-state index in [0.717, 1.165) is 6.42 Å². The number of urea groups is 1. The molecule has 3 amide bonds. The number of primary amides is 1. The Kier molecular flexibility index (Phi) is 5.63. The molecule has 1 aromatic carbocycles. The molecule has 0 aliphatic carbocycles. The molecule has 2 aliphatic heterocycles. The number of anilines is 1. The van der Waals surface area contributed by atoms with E-state index in [1.54, 1.807) is 23.2 Å². The molecule has 0 bridgehead atoms. The molecule has 2 N–H and O–H groups in total. The first-order chi connectivity index (χ1) is 14.5. The first-order valence-electron chi connectivity index (χ1n) is 9.90. The van der Waals surface area contributed by atoms with Gasteiger partial charge in [-0.25, -0.2) is 4.79 Å². The fraction of sp³-hybridized carbons (Fsp3) is 0.400. The number of aromatic nitrogens is 2. The normalized spacial score (nSPS) is 19.2. The zero-order chi connectivity index (χ0) is 21.3. The smallest absolute Gasteiger partial charge is 0.315 e. The highest BCUT2D eigenvalue weighted by Gasteiger charge is 2.36. The average Bonchev–Trinajstić information content (AvgIpc) is 3.26. The highest BCUT2D eigenvalue weighted by Crippen LogP contribution is 2.24. The van der Waals surface area contributed by atoms with E-state index in [4.69, 9.17) is 17.3 Å². The Bertz CT molecular complexity index is 1000. The molecule has 0 radical (unpaired) electrons. The monoisotopic (exact) mass is 430 g/mol. The molecule has 4 rings (SSSR count). The van der Waals surface area contributed by atoms with E-state index < -0.39 is 12.1 Å². The van der Waals surface area contributed by atoms with Crippen molar-refractivity contribution in [2.75, 3.05) is 37.6 Å². The van der Waals surface area contributed by atoms with E-state index in [-0.39, 0.29) is 16.5 Å². The van der Waals surface area contributed by atoms with E-state index in [9.17, 15) is 14.4 Å². The number of benzene rings is 1. The number of rotatable bonds is 3. The lowest BCUT2D eigenvalue weighted by Gasteiger charge is -2.38. The Labute approximate surface area is 178 Å². The van der Waals surface area contributed by atoms with Gasteiger partial charge in [0.25, 0.3) is 5.56 Å². The molecule has 1 aromatic heterocycles. The molecule has 30 heavy (non-hydrogen) atoms. The first-order valence-corrected chi connectivity index (χ1v) is 10.3. The van der Waals surface area contributed by atoms with Gasteiger partial charge in [-0.2, -0.15) is 9.78 Å². The van der Waals surface area contributed by atoms with E-state index in [1.807, 2.05) is 23.1 Å². The van der Waals surface area contributed by atoms with Crippen molar-refractivity contribution < 1.29 is 9.59 Å². The molecule has 2 aromatic rings. The molecule has 2 aliphatic rings. The molecule has 10 heteroatoms. The van der Waals surface area contributed by atoms with Crippen molar-refractivity contribution in [3.8, 4) is 5.69 Å². The van der Waals surface area contributed by atoms with Gasteiger partial charge in [0.2, 0.25) is 5.91 Å². The molecule has 0 saturated carbocycles. The SMILES string of the molecule is NC(=O)N1CCC[C@H]1C(=O)N1CCN(c2cnn(-c3ccccc3)c(=O)c2Cl)CC1. The quantitative estimate of drug-likeness (QED) is 0.784. The first kappa shape index (κ1) is 20.2. The summed E-state index contributed by atoms with van der Waals surface area (Å²) in [6.07, 6.45) is 2.99. The molecule has 0 unspecified atom stereocenters. The lowest BCUT2D eigenvalue weighted by atomic mass is 10.1. The van der Waals surface area contributed by atoms with Crippen molar-refractivity contribution in [2.24, 2.45) is 5.73 Å². The molecular formula is C20H23ClN6O3. The van der Waals surface area contributed by atoms with Gasteiger partial charge >= 0.3 is 6.03 Å². The Balaban J connectivity index is 1.46. The minimum atomic E-state index is -0.554. The van der Waals surface area contributed by atoms with Gasteiger partial charge in [-0.3, -0.25) is 9.59 Å². The third-order valence-electron chi connectivity index (χ3n) is 5.65. The van der Waals surface area contributed by atoms with Crippen LogP contribution < -0.4 is 16.2 Å². The topological polar surface area (TPSA) is 105 Å². The fourth-order valence-electron chi connectivity index (χ4n) is 4.06. The molecule has 9 nitrogen and oxygen atoms in total. The number of halogens is 1. The highest BCUT2D eigenvalue weighted by atomic mass is 35.5. The number of nitrogens with two attached hydrogens (primary N) is 1. The van der Waals surface area contributed by atoms with Crippen LogP contribution in [-0.2, 0) is 4.79 Å². The predicted molar refractivity (Wildman–Crippen MR) is 113 cm³/mol. The summed E-state index contributed by atoms with van der Waals surface area (Å²) in [4.78, 5) is 42.2. The molecule has 158 valence electrons. The van der Waals surface area contributed by atoms with Crippen LogP contribution >= 0.6 is 11.6 Å². The number of para-hydroxylation sites is 1. The lowest BCUT2D eigenvalue weighted by molar-refractivity contribution is -0.135. The second kappa shape index (κ2) is 8.35. The summed E-state index contributed by atoms with van der Waals surface area (Å²) in [5.41, 5.74) is 6.20. The highest BCUT2D eigenvalue weighted by molar-refractivity contribution is 6.33. The second-order valence-electron chi connectivity index (χ2n) is 7.40. The van der Waals surface area contributed by atoms with Crippen molar-refractivity contribution in [3.63, 3.8) is 0 Å². The van der Waals surface area contributed by atoms with Crippen LogP contribution in [0.2, 0.25) is 5.02 Å². The van der Waals surface area contributed by atoms with E-state index in [1.165, 1.54) is 9.58 Å². The maximum atomic E-state index is 12.8. The number of nitrogens with zero attached hydrogens (tertiary/aromatic N) is 5. The van der Waals surface area contributed by atoms with Crippen LogP contribution in [0.15, 0.2) is 41.3 Å². The fourth-order valence-corrected chi connectivity index (χ4v) is 4.31. The van der Waals surface area contributed by atoms with Crippen molar-refractivity contribution in [3.05, 3.63) is 51.9 Å². The third-order valence-corrected chi connectivity index (χ3v) is 6.01.